The van der Waals surface area contributed by atoms with E-state index in [1.54, 1.807) is 12.1 Å². The van der Waals surface area contributed by atoms with Gasteiger partial charge in [0.05, 0.1) is 40.5 Å². The van der Waals surface area contributed by atoms with Gasteiger partial charge in [-0.2, -0.15) is 0 Å². The summed E-state index contributed by atoms with van der Waals surface area (Å²) in [6.07, 6.45) is 0. The molecule has 0 bridgehead atoms. The highest BCUT2D eigenvalue weighted by Gasteiger charge is 2.39. The number of rotatable bonds is 4. The molecule has 0 aromatic heterocycles. The zero-order valence-corrected chi connectivity index (χ0v) is 16.4. The van der Waals surface area contributed by atoms with Crippen LogP contribution in [0.5, 0.6) is 0 Å². The van der Waals surface area contributed by atoms with Crippen LogP contribution in [0, 0.1) is 0 Å². The van der Waals surface area contributed by atoms with E-state index in [2.05, 4.69) is 0 Å². The number of hydrogen-bond donors (Lipinski definition) is 1. The van der Waals surface area contributed by atoms with Gasteiger partial charge in [-0.15, -0.1) is 0 Å². The number of morpholine rings is 1. The average molecular weight is 431 g/mol. The van der Waals surface area contributed by atoms with Gasteiger partial charge in [-0.3, -0.25) is 9.59 Å². The van der Waals surface area contributed by atoms with Gasteiger partial charge >= 0.3 is 5.97 Å². The van der Waals surface area contributed by atoms with Crippen LogP contribution in [0.25, 0.3) is 0 Å². The predicted octanol–water partition coefficient (Wildman–Crippen LogP) is 0.539. The third-order valence-corrected chi connectivity index (χ3v) is 5.71. The number of carbonyl (C=O) groups excluding carboxylic acids is 3. The van der Waals surface area contributed by atoms with Crippen LogP contribution in [0.3, 0.4) is 0 Å². The van der Waals surface area contributed by atoms with Gasteiger partial charge in [-0.05, 0) is 30.3 Å². The van der Waals surface area contributed by atoms with Gasteiger partial charge in [-0.1, -0.05) is 17.2 Å². The molecule has 0 radical (unpaired) electrons. The molecule has 2 aromatic rings. The molecular weight excluding hydrogens is 414 g/mol. The minimum Gasteiger partial charge on any atom is -0.378 e. The molecule has 0 unspecified atom stereocenters. The quantitative estimate of drug-likeness (QED) is 0.693. The number of nitrogens with zero attached hydrogens (tertiary/aromatic N) is 2. The molecular formula is C19H17N3O7S. The van der Waals surface area contributed by atoms with E-state index in [-0.39, 0.29) is 21.6 Å². The van der Waals surface area contributed by atoms with Crippen molar-refractivity contribution in [2.75, 3.05) is 31.2 Å². The minimum atomic E-state index is -4.10. The predicted molar refractivity (Wildman–Crippen MR) is 103 cm³/mol. The van der Waals surface area contributed by atoms with Crippen molar-refractivity contribution >= 4 is 33.5 Å². The van der Waals surface area contributed by atoms with E-state index in [1.165, 1.54) is 24.3 Å². The maximum absolute atomic E-state index is 12.9. The molecule has 2 N–H and O–H groups in total. The lowest BCUT2D eigenvalue weighted by Gasteiger charge is -2.30. The first-order valence-electron chi connectivity index (χ1n) is 8.97. The van der Waals surface area contributed by atoms with Crippen molar-refractivity contribution in [2.24, 2.45) is 5.14 Å². The molecule has 0 aliphatic carbocycles. The smallest absolute Gasteiger partial charge is 0.366 e. The summed E-state index contributed by atoms with van der Waals surface area (Å²) in [5.41, 5.74) is 0.469. The Morgan fingerprint density at radius 1 is 1.00 bits per heavy atom. The second-order valence-corrected chi connectivity index (χ2v) is 8.21. The molecule has 0 saturated carbocycles. The fraction of sp³-hybridized carbons (Fsp3) is 0.211. The van der Waals surface area contributed by atoms with Crippen molar-refractivity contribution < 1.29 is 32.4 Å². The third-order valence-electron chi connectivity index (χ3n) is 4.80. The Kier molecular flexibility index (Phi) is 5.02. The van der Waals surface area contributed by atoms with Crippen LogP contribution in [0.2, 0.25) is 0 Å². The van der Waals surface area contributed by atoms with Crippen molar-refractivity contribution in [3.63, 3.8) is 0 Å². The highest BCUT2D eigenvalue weighted by molar-refractivity contribution is 7.89. The van der Waals surface area contributed by atoms with Crippen LogP contribution in [0.15, 0.2) is 47.4 Å². The first kappa shape index (κ1) is 20.0. The van der Waals surface area contributed by atoms with E-state index in [0.717, 1.165) is 6.07 Å². The number of ether oxygens (including phenoxy) is 1. The average Bonchev–Trinajstić information content (AvgIpc) is 2.98. The number of primary sulfonamides is 1. The van der Waals surface area contributed by atoms with Crippen molar-refractivity contribution in [3.05, 3.63) is 59.2 Å². The fourth-order valence-corrected chi connectivity index (χ4v) is 3.86. The summed E-state index contributed by atoms with van der Waals surface area (Å²) in [6.45, 7) is 1.76. The van der Waals surface area contributed by atoms with E-state index < -0.39 is 27.8 Å². The summed E-state index contributed by atoms with van der Waals surface area (Å²) in [7, 11) is -4.10. The first-order chi connectivity index (χ1) is 14.3. The molecule has 0 atom stereocenters. The highest BCUT2D eigenvalue weighted by Crippen LogP contribution is 2.28. The Labute approximate surface area is 171 Å². The summed E-state index contributed by atoms with van der Waals surface area (Å²) < 4.78 is 28.8. The summed E-state index contributed by atoms with van der Waals surface area (Å²) in [5.74, 6) is -2.62. The zero-order valence-electron chi connectivity index (χ0n) is 15.6. The van der Waals surface area contributed by atoms with E-state index in [4.69, 9.17) is 14.7 Å². The number of anilines is 1. The van der Waals surface area contributed by atoms with Gasteiger partial charge in [0.1, 0.15) is 0 Å². The molecule has 2 heterocycles. The van der Waals surface area contributed by atoms with Crippen molar-refractivity contribution in [3.8, 4) is 0 Å². The first-order valence-corrected chi connectivity index (χ1v) is 10.5. The molecule has 11 heteroatoms. The number of carbonyl (C=O) groups is 3. The number of fused-ring (bicyclic) bond motifs is 1. The molecule has 2 aliphatic heterocycles. The molecule has 2 amide bonds. The van der Waals surface area contributed by atoms with Gasteiger partial charge < -0.3 is 14.5 Å². The van der Waals surface area contributed by atoms with E-state index in [0.29, 0.717) is 37.1 Å². The molecule has 30 heavy (non-hydrogen) atoms. The molecule has 0 spiro atoms. The lowest BCUT2D eigenvalue weighted by atomic mass is 10.1. The Hall–Kier alpha value is -3.28. The van der Waals surface area contributed by atoms with Gasteiger partial charge in [0.25, 0.3) is 11.8 Å². The summed E-state index contributed by atoms with van der Waals surface area (Å²) >= 11 is 0. The van der Waals surface area contributed by atoms with Crippen molar-refractivity contribution in [2.45, 2.75) is 4.90 Å². The number of nitrogens with two attached hydrogens (primary N) is 1. The molecule has 2 aliphatic rings. The Bertz CT molecular complexity index is 1120. The van der Waals surface area contributed by atoms with Gasteiger partial charge in [0.15, 0.2) is 0 Å². The second-order valence-electron chi connectivity index (χ2n) is 6.65. The minimum absolute atomic E-state index is 0.113. The number of hydroxylamine groups is 2. The highest BCUT2D eigenvalue weighted by atomic mass is 32.2. The monoisotopic (exact) mass is 431 g/mol. The maximum Gasteiger partial charge on any atom is 0.366 e. The van der Waals surface area contributed by atoms with Gasteiger partial charge in [0, 0.05) is 13.1 Å². The fourth-order valence-electron chi connectivity index (χ4n) is 3.32. The standard InChI is InChI=1S/C19H17N3O7S/c20-30(26,27)12-5-6-16(21-7-9-28-10-8-21)15(11-12)19(25)29-22-17(23)13-3-1-2-4-14(13)18(22)24/h1-6,11H,7-10H2,(H2,20,26,27). The molecule has 1 saturated heterocycles. The van der Waals surface area contributed by atoms with Crippen LogP contribution in [-0.2, 0) is 19.6 Å². The number of sulfonamides is 1. The van der Waals surface area contributed by atoms with Crippen LogP contribution < -0.4 is 10.0 Å². The van der Waals surface area contributed by atoms with Crippen LogP contribution in [-0.4, -0.2) is 57.6 Å². The number of amides is 2. The SMILES string of the molecule is NS(=O)(=O)c1ccc(N2CCOCC2)c(C(=O)ON2C(=O)c3ccccc3C2=O)c1. The normalized spacial score (nSPS) is 16.6. The van der Waals surface area contributed by atoms with Crippen molar-refractivity contribution in [1.82, 2.24) is 5.06 Å². The Morgan fingerprint density at radius 2 is 1.60 bits per heavy atom. The van der Waals surface area contributed by atoms with E-state index >= 15 is 0 Å². The lowest BCUT2D eigenvalue weighted by molar-refractivity contribution is -0.0584. The van der Waals surface area contributed by atoms with E-state index in [9.17, 15) is 22.8 Å². The Balaban J connectivity index is 1.69. The molecule has 2 aromatic carbocycles. The molecule has 1 fully saturated rings. The summed E-state index contributed by atoms with van der Waals surface area (Å²) in [5, 5.41) is 5.56. The van der Waals surface area contributed by atoms with Gasteiger partial charge in [0.2, 0.25) is 10.0 Å². The van der Waals surface area contributed by atoms with Crippen LogP contribution in [0.4, 0.5) is 5.69 Å². The third kappa shape index (κ3) is 3.54. The lowest BCUT2D eigenvalue weighted by Crippen LogP contribution is -2.38. The maximum atomic E-state index is 12.9. The second kappa shape index (κ2) is 7.52. The Morgan fingerprint density at radius 3 is 2.17 bits per heavy atom. The number of imide groups is 1. The van der Waals surface area contributed by atoms with Crippen LogP contribution >= 0.6 is 0 Å². The summed E-state index contributed by atoms with van der Waals surface area (Å²) in [6, 6.07) is 9.85. The van der Waals surface area contributed by atoms with Gasteiger partial charge in [-0.25, -0.2) is 18.4 Å². The zero-order chi connectivity index (χ0) is 21.5. The van der Waals surface area contributed by atoms with Crippen molar-refractivity contribution in [1.29, 1.82) is 0 Å². The molecule has 4 rings (SSSR count). The topological polar surface area (TPSA) is 136 Å². The van der Waals surface area contributed by atoms with Crippen LogP contribution in [0.1, 0.15) is 31.1 Å². The largest absolute Gasteiger partial charge is 0.378 e. The molecule has 10 nitrogen and oxygen atoms in total. The number of benzene rings is 2. The summed E-state index contributed by atoms with van der Waals surface area (Å²) in [4.78, 5) is 44.5. The van der Waals surface area contributed by atoms with E-state index in [1.807, 2.05) is 4.90 Å². The molecule has 156 valence electrons. The number of hydrogen-bond acceptors (Lipinski definition) is 8.